The summed E-state index contributed by atoms with van der Waals surface area (Å²) in [5, 5.41) is -0.0150. The van der Waals surface area contributed by atoms with E-state index in [0.29, 0.717) is 18.7 Å². The summed E-state index contributed by atoms with van der Waals surface area (Å²) in [5.74, 6) is -0.425. The summed E-state index contributed by atoms with van der Waals surface area (Å²) < 4.78 is 39.2. The molecule has 0 aliphatic heterocycles. The standard InChI is InChI=1S/C12H15FN4O2S/c13-10-2-4-11(5-3-10)17(7-1-6-14)20(18,19)12-8-15-9-16-12/h2-5,8-9H,1,6-7,14H2,(H,15,16). The van der Waals surface area contributed by atoms with E-state index in [1.165, 1.54) is 41.1 Å². The Morgan fingerprint density at radius 3 is 2.55 bits per heavy atom. The molecule has 8 heteroatoms. The van der Waals surface area contributed by atoms with E-state index in [-0.39, 0.29) is 11.6 Å². The zero-order valence-electron chi connectivity index (χ0n) is 10.7. The number of sulfonamides is 1. The maximum absolute atomic E-state index is 13.0. The zero-order chi connectivity index (χ0) is 14.6. The number of hydrogen-bond acceptors (Lipinski definition) is 4. The molecule has 3 N–H and O–H groups in total. The van der Waals surface area contributed by atoms with E-state index in [1.807, 2.05) is 0 Å². The fourth-order valence-corrected chi connectivity index (χ4v) is 3.14. The van der Waals surface area contributed by atoms with Gasteiger partial charge in [0, 0.05) is 6.54 Å². The smallest absolute Gasteiger partial charge is 0.281 e. The third-order valence-corrected chi connectivity index (χ3v) is 4.47. The number of nitrogens with two attached hydrogens (primary N) is 1. The first-order valence-corrected chi connectivity index (χ1v) is 7.46. The highest BCUT2D eigenvalue weighted by atomic mass is 32.2. The maximum atomic E-state index is 13.0. The van der Waals surface area contributed by atoms with Gasteiger partial charge in [-0.2, -0.15) is 8.42 Å². The van der Waals surface area contributed by atoms with Crippen molar-refractivity contribution in [1.82, 2.24) is 9.97 Å². The SMILES string of the molecule is NCCCN(c1ccc(F)cc1)S(=O)(=O)c1cnc[nH]1. The van der Waals surface area contributed by atoms with E-state index in [2.05, 4.69) is 9.97 Å². The van der Waals surface area contributed by atoms with Crippen LogP contribution >= 0.6 is 0 Å². The monoisotopic (exact) mass is 298 g/mol. The van der Waals surface area contributed by atoms with Gasteiger partial charge in [-0.05, 0) is 37.2 Å². The summed E-state index contributed by atoms with van der Waals surface area (Å²) in [6.07, 6.45) is 3.01. The summed E-state index contributed by atoms with van der Waals surface area (Å²) in [7, 11) is -3.76. The maximum Gasteiger partial charge on any atom is 0.281 e. The lowest BCUT2D eigenvalue weighted by Gasteiger charge is -2.23. The van der Waals surface area contributed by atoms with Gasteiger partial charge in [-0.15, -0.1) is 0 Å². The van der Waals surface area contributed by atoms with E-state index < -0.39 is 15.8 Å². The molecule has 0 bridgehead atoms. The largest absolute Gasteiger partial charge is 0.334 e. The van der Waals surface area contributed by atoms with Crippen molar-refractivity contribution < 1.29 is 12.8 Å². The highest BCUT2D eigenvalue weighted by molar-refractivity contribution is 7.92. The highest BCUT2D eigenvalue weighted by Crippen LogP contribution is 2.22. The van der Waals surface area contributed by atoms with Crippen molar-refractivity contribution in [2.24, 2.45) is 5.73 Å². The summed E-state index contributed by atoms with van der Waals surface area (Å²) in [6.45, 7) is 0.569. The first kappa shape index (κ1) is 14.5. The number of nitrogens with zero attached hydrogens (tertiary/aromatic N) is 2. The van der Waals surface area contributed by atoms with Crippen LogP contribution in [0.5, 0.6) is 0 Å². The second-order valence-electron chi connectivity index (χ2n) is 4.11. The first-order valence-electron chi connectivity index (χ1n) is 6.02. The fourth-order valence-electron chi connectivity index (χ4n) is 1.73. The van der Waals surface area contributed by atoms with E-state index >= 15 is 0 Å². The van der Waals surface area contributed by atoms with Crippen LogP contribution in [0.15, 0.2) is 41.8 Å². The van der Waals surface area contributed by atoms with Crippen LogP contribution in [-0.2, 0) is 10.0 Å². The van der Waals surface area contributed by atoms with Crippen LogP contribution in [0.3, 0.4) is 0 Å². The van der Waals surface area contributed by atoms with E-state index in [0.717, 1.165) is 0 Å². The Bertz CT molecular complexity index is 641. The lowest BCUT2D eigenvalue weighted by atomic mass is 10.3. The topological polar surface area (TPSA) is 92.1 Å². The number of rotatable bonds is 6. The molecule has 1 aromatic heterocycles. The predicted octanol–water partition coefficient (Wildman–Crippen LogP) is 1.09. The van der Waals surface area contributed by atoms with Crippen molar-refractivity contribution in [2.75, 3.05) is 17.4 Å². The second-order valence-corrected chi connectivity index (χ2v) is 5.94. The van der Waals surface area contributed by atoms with Gasteiger partial charge in [-0.25, -0.2) is 9.37 Å². The molecule has 0 aliphatic rings. The van der Waals surface area contributed by atoms with Crippen LogP contribution in [0.1, 0.15) is 6.42 Å². The summed E-state index contributed by atoms with van der Waals surface area (Å²) in [5.41, 5.74) is 5.82. The third kappa shape index (κ3) is 2.97. The summed E-state index contributed by atoms with van der Waals surface area (Å²) >= 11 is 0. The number of benzene rings is 1. The Morgan fingerprint density at radius 1 is 1.30 bits per heavy atom. The molecule has 2 aromatic rings. The minimum atomic E-state index is -3.76. The molecule has 1 heterocycles. The van der Waals surface area contributed by atoms with E-state index in [9.17, 15) is 12.8 Å². The molecule has 0 saturated heterocycles. The van der Waals surface area contributed by atoms with Crippen LogP contribution in [0, 0.1) is 5.82 Å². The van der Waals surface area contributed by atoms with Gasteiger partial charge in [-0.1, -0.05) is 0 Å². The van der Waals surface area contributed by atoms with Crippen LogP contribution in [0.25, 0.3) is 0 Å². The van der Waals surface area contributed by atoms with Gasteiger partial charge in [0.15, 0.2) is 5.03 Å². The van der Waals surface area contributed by atoms with Crippen molar-refractivity contribution in [1.29, 1.82) is 0 Å². The number of imidazole rings is 1. The van der Waals surface area contributed by atoms with Gasteiger partial charge in [0.05, 0.1) is 18.2 Å². The van der Waals surface area contributed by atoms with Gasteiger partial charge in [0.1, 0.15) is 5.82 Å². The summed E-state index contributed by atoms with van der Waals surface area (Å²) in [6, 6.07) is 5.26. The predicted molar refractivity (Wildman–Crippen MR) is 73.2 cm³/mol. The molecule has 0 saturated carbocycles. The summed E-state index contributed by atoms with van der Waals surface area (Å²) in [4.78, 5) is 6.28. The van der Waals surface area contributed by atoms with Gasteiger partial charge in [-0.3, -0.25) is 4.31 Å². The number of aromatic nitrogens is 2. The van der Waals surface area contributed by atoms with Crippen molar-refractivity contribution in [3.63, 3.8) is 0 Å². The minimum Gasteiger partial charge on any atom is -0.334 e. The second kappa shape index (κ2) is 6.02. The Kier molecular flexibility index (Phi) is 4.35. The molecular weight excluding hydrogens is 283 g/mol. The Balaban J connectivity index is 2.40. The Hall–Kier alpha value is -1.93. The molecule has 0 unspecified atom stereocenters. The Morgan fingerprint density at radius 2 is 2.00 bits per heavy atom. The third-order valence-electron chi connectivity index (χ3n) is 2.72. The van der Waals surface area contributed by atoms with Crippen LogP contribution < -0.4 is 10.0 Å². The van der Waals surface area contributed by atoms with Gasteiger partial charge in [0.2, 0.25) is 0 Å². The number of halogens is 1. The number of hydrogen-bond donors (Lipinski definition) is 2. The Labute approximate surface area is 116 Å². The van der Waals surface area contributed by atoms with Crippen molar-refractivity contribution >= 4 is 15.7 Å². The molecule has 0 aliphatic carbocycles. The molecule has 20 heavy (non-hydrogen) atoms. The number of anilines is 1. The van der Waals surface area contributed by atoms with Crippen molar-refractivity contribution in [3.05, 3.63) is 42.6 Å². The molecule has 0 spiro atoms. The molecule has 6 nitrogen and oxygen atoms in total. The number of nitrogens with one attached hydrogen (secondary N) is 1. The van der Waals surface area contributed by atoms with Crippen molar-refractivity contribution in [2.45, 2.75) is 11.4 Å². The van der Waals surface area contributed by atoms with Crippen LogP contribution in [0.2, 0.25) is 0 Å². The van der Waals surface area contributed by atoms with Crippen molar-refractivity contribution in [3.8, 4) is 0 Å². The first-order chi connectivity index (χ1) is 9.55. The van der Waals surface area contributed by atoms with Gasteiger partial charge < -0.3 is 10.7 Å². The van der Waals surface area contributed by atoms with E-state index in [1.54, 1.807) is 0 Å². The zero-order valence-corrected chi connectivity index (χ0v) is 11.5. The molecular formula is C12H15FN4O2S. The average Bonchev–Trinajstić information content (AvgIpc) is 2.96. The fraction of sp³-hybridized carbons (Fsp3) is 0.250. The number of aromatic amines is 1. The average molecular weight is 298 g/mol. The molecule has 0 amide bonds. The molecule has 0 fully saturated rings. The molecule has 1 aromatic carbocycles. The number of H-pyrrole nitrogens is 1. The molecule has 0 atom stereocenters. The highest BCUT2D eigenvalue weighted by Gasteiger charge is 2.25. The lowest BCUT2D eigenvalue weighted by Crippen LogP contribution is -2.33. The molecule has 2 rings (SSSR count). The van der Waals surface area contributed by atoms with Gasteiger partial charge >= 0.3 is 0 Å². The van der Waals surface area contributed by atoms with Crippen LogP contribution in [-0.4, -0.2) is 31.5 Å². The molecule has 108 valence electrons. The van der Waals surface area contributed by atoms with Gasteiger partial charge in [0.25, 0.3) is 10.0 Å². The van der Waals surface area contributed by atoms with Crippen LogP contribution in [0.4, 0.5) is 10.1 Å². The minimum absolute atomic E-state index is 0.0150. The molecule has 0 radical (unpaired) electrons. The quantitative estimate of drug-likeness (QED) is 0.835. The van der Waals surface area contributed by atoms with E-state index in [4.69, 9.17) is 5.73 Å². The normalized spacial score (nSPS) is 11.5. The lowest BCUT2D eigenvalue weighted by molar-refractivity contribution is 0.586.